The van der Waals surface area contributed by atoms with Crippen LogP contribution in [0.1, 0.15) is 30.7 Å². The Bertz CT molecular complexity index is 666. The number of aromatic nitrogens is 2. The van der Waals surface area contributed by atoms with Crippen molar-refractivity contribution in [2.45, 2.75) is 25.7 Å². The molecule has 1 fully saturated rings. The lowest BCUT2D eigenvalue weighted by molar-refractivity contribution is -0.128. The minimum absolute atomic E-state index is 0.0319. The van der Waals surface area contributed by atoms with Crippen LogP contribution in [0.5, 0.6) is 0 Å². The van der Waals surface area contributed by atoms with Crippen LogP contribution in [-0.4, -0.2) is 47.8 Å². The second-order valence-electron chi connectivity index (χ2n) is 5.74. The molecule has 0 saturated carbocycles. The lowest BCUT2D eigenvalue weighted by atomic mass is 10.1. The largest absolute Gasteiger partial charge is 0.383 e. The lowest BCUT2D eigenvalue weighted by Gasteiger charge is -2.14. The number of likely N-dealkylation sites (tertiary alicyclic amines) is 1. The summed E-state index contributed by atoms with van der Waals surface area (Å²) in [6, 6.07) is 8.13. The molecular weight excluding hydrogens is 294 g/mol. The van der Waals surface area contributed by atoms with E-state index in [-0.39, 0.29) is 11.8 Å². The van der Waals surface area contributed by atoms with Gasteiger partial charge in [-0.15, -0.1) is 0 Å². The van der Waals surface area contributed by atoms with Gasteiger partial charge in [0.2, 0.25) is 17.6 Å². The van der Waals surface area contributed by atoms with E-state index in [1.54, 1.807) is 12.0 Å². The third-order valence-corrected chi connectivity index (χ3v) is 4.19. The van der Waals surface area contributed by atoms with E-state index in [2.05, 4.69) is 29.2 Å². The molecule has 6 nitrogen and oxygen atoms in total. The van der Waals surface area contributed by atoms with Crippen LogP contribution in [0.4, 0.5) is 0 Å². The molecule has 2 aromatic rings. The molecule has 1 amide bonds. The zero-order valence-electron chi connectivity index (χ0n) is 13.5. The molecule has 0 N–H and O–H groups in total. The van der Waals surface area contributed by atoms with E-state index in [9.17, 15) is 4.79 Å². The molecule has 1 aliphatic rings. The number of carbonyl (C=O) groups excluding carboxylic acids is 1. The van der Waals surface area contributed by atoms with Gasteiger partial charge in [-0.3, -0.25) is 4.79 Å². The Balaban J connectivity index is 1.70. The van der Waals surface area contributed by atoms with Crippen LogP contribution < -0.4 is 0 Å². The highest BCUT2D eigenvalue weighted by molar-refractivity contribution is 5.79. The van der Waals surface area contributed by atoms with Crippen LogP contribution >= 0.6 is 0 Å². The highest BCUT2D eigenvalue weighted by Gasteiger charge is 2.34. The Morgan fingerprint density at radius 3 is 2.83 bits per heavy atom. The maximum atomic E-state index is 12.0. The van der Waals surface area contributed by atoms with E-state index in [0.717, 1.165) is 12.0 Å². The molecular formula is C17H21N3O3. The van der Waals surface area contributed by atoms with Crippen LogP contribution in [-0.2, 0) is 16.0 Å². The number of nitrogens with zero attached hydrogens (tertiary/aromatic N) is 3. The van der Waals surface area contributed by atoms with Crippen LogP contribution in [0.15, 0.2) is 28.8 Å². The maximum Gasteiger partial charge on any atom is 0.232 e. The number of amides is 1. The molecule has 6 heteroatoms. The first-order valence-corrected chi connectivity index (χ1v) is 7.91. The minimum atomic E-state index is -0.0319. The smallest absolute Gasteiger partial charge is 0.232 e. The molecule has 1 atom stereocenters. The van der Waals surface area contributed by atoms with Gasteiger partial charge >= 0.3 is 0 Å². The molecule has 1 aromatic carbocycles. The second kappa shape index (κ2) is 6.91. The number of aryl methyl sites for hydroxylation is 1. The molecule has 0 spiro atoms. The zero-order chi connectivity index (χ0) is 16.2. The van der Waals surface area contributed by atoms with Crippen molar-refractivity contribution in [3.05, 3.63) is 35.7 Å². The van der Waals surface area contributed by atoms with Gasteiger partial charge in [0, 0.05) is 32.2 Å². The molecule has 2 heterocycles. The highest BCUT2D eigenvalue weighted by atomic mass is 16.5. The monoisotopic (exact) mass is 315 g/mol. The van der Waals surface area contributed by atoms with Crippen molar-refractivity contribution in [2.75, 3.05) is 26.8 Å². The predicted octanol–water partition coefficient (Wildman–Crippen LogP) is 2.26. The van der Waals surface area contributed by atoms with E-state index >= 15 is 0 Å². The van der Waals surface area contributed by atoms with Crippen molar-refractivity contribution in [2.24, 2.45) is 0 Å². The highest BCUT2D eigenvalue weighted by Crippen LogP contribution is 2.28. The van der Waals surface area contributed by atoms with Gasteiger partial charge in [0.15, 0.2) is 0 Å². The van der Waals surface area contributed by atoms with Crippen LogP contribution in [0.25, 0.3) is 11.4 Å². The first kappa shape index (κ1) is 15.7. The van der Waals surface area contributed by atoms with Crippen molar-refractivity contribution < 1.29 is 14.1 Å². The summed E-state index contributed by atoms with van der Waals surface area (Å²) in [4.78, 5) is 18.3. The normalized spacial score (nSPS) is 17.9. The lowest BCUT2D eigenvalue weighted by Crippen LogP contribution is -2.28. The van der Waals surface area contributed by atoms with Gasteiger partial charge in [-0.1, -0.05) is 36.3 Å². The Morgan fingerprint density at radius 2 is 2.13 bits per heavy atom. The molecule has 122 valence electrons. The molecule has 1 aromatic heterocycles. The fraction of sp³-hybridized carbons (Fsp3) is 0.471. The summed E-state index contributed by atoms with van der Waals surface area (Å²) < 4.78 is 10.4. The van der Waals surface area contributed by atoms with Crippen LogP contribution in [0.3, 0.4) is 0 Å². The maximum absolute atomic E-state index is 12.0. The molecule has 3 rings (SSSR count). The summed E-state index contributed by atoms with van der Waals surface area (Å²) in [6.45, 7) is 3.87. The van der Waals surface area contributed by atoms with Crippen molar-refractivity contribution >= 4 is 5.91 Å². The van der Waals surface area contributed by atoms with E-state index in [4.69, 9.17) is 9.26 Å². The second-order valence-corrected chi connectivity index (χ2v) is 5.74. The third-order valence-electron chi connectivity index (χ3n) is 4.19. The van der Waals surface area contributed by atoms with Gasteiger partial charge in [0.1, 0.15) is 0 Å². The molecule has 1 aliphatic heterocycles. The number of hydrogen-bond donors (Lipinski definition) is 0. The summed E-state index contributed by atoms with van der Waals surface area (Å²) >= 11 is 0. The fourth-order valence-electron chi connectivity index (χ4n) is 2.76. The topological polar surface area (TPSA) is 68.5 Å². The minimum Gasteiger partial charge on any atom is -0.383 e. The van der Waals surface area contributed by atoms with Gasteiger partial charge in [0.05, 0.1) is 12.5 Å². The summed E-state index contributed by atoms with van der Waals surface area (Å²) in [5.41, 5.74) is 2.20. The summed E-state index contributed by atoms with van der Waals surface area (Å²) in [5, 5.41) is 4.06. The number of rotatable bonds is 6. The first-order valence-electron chi connectivity index (χ1n) is 7.91. The van der Waals surface area contributed by atoms with E-state index < -0.39 is 0 Å². The molecule has 1 saturated heterocycles. The van der Waals surface area contributed by atoms with Crippen molar-refractivity contribution in [1.29, 1.82) is 0 Å². The molecule has 0 radical (unpaired) electrons. The summed E-state index contributed by atoms with van der Waals surface area (Å²) in [5.74, 6) is 1.19. The predicted molar refractivity (Wildman–Crippen MR) is 84.9 cm³/mol. The Hall–Kier alpha value is -2.21. The first-order chi connectivity index (χ1) is 11.2. The number of methoxy groups -OCH3 is 1. The molecule has 0 unspecified atom stereocenters. The van der Waals surface area contributed by atoms with Crippen molar-refractivity contribution in [3.63, 3.8) is 0 Å². The van der Waals surface area contributed by atoms with E-state index in [1.165, 1.54) is 5.56 Å². The summed E-state index contributed by atoms with van der Waals surface area (Å²) in [7, 11) is 1.63. The number of carbonyl (C=O) groups is 1. The zero-order valence-corrected chi connectivity index (χ0v) is 13.5. The van der Waals surface area contributed by atoms with Crippen LogP contribution in [0, 0.1) is 0 Å². The van der Waals surface area contributed by atoms with E-state index in [1.807, 2.05) is 12.1 Å². The Kier molecular flexibility index (Phi) is 4.71. The quantitative estimate of drug-likeness (QED) is 0.818. The molecule has 0 aliphatic carbocycles. The SMILES string of the molecule is CCc1ccc(-c2noc([C@H]3CC(=O)N(CCOC)C3)n2)cc1. The van der Waals surface area contributed by atoms with Gasteiger partial charge in [-0.2, -0.15) is 4.98 Å². The standard InChI is InChI=1S/C17H21N3O3/c1-3-12-4-6-13(7-5-12)16-18-17(23-19-16)14-10-15(21)20(11-14)8-9-22-2/h4-7,14H,3,8-11H2,1-2H3/t14-/m0/s1. The number of benzene rings is 1. The van der Waals surface area contributed by atoms with Gasteiger partial charge in [-0.25, -0.2) is 0 Å². The number of ether oxygens (including phenoxy) is 1. The molecule has 0 bridgehead atoms. The third kappa shape index (κ3) is 3.42. The average Bonchev–Trinajstić information content (AvgIpc) is 3.20. The van der Waals surface area contributed by atoms with E-state index in [0.29, 0.717) is 37.8 Å². The van der Waals surface area contributed by atoms with Crippen molar-refractivity contribution in [1.82, 2.24) is 15.0 Å². The van der Waals surface area contributed by atoms with Crippen molar-refractivity contribution in [3.8, 4) is 11.4 Å². The summed E-state index contributed by atoms with van der Waals surface area (Å²) in [6.07, 6.45) is 1.42. The average molecular weight is 315 g/mol. The molecule has 23 heavy (non-hydrogen) atoms. The number of hydrogen-bond acceptors (Lipinski definition) is 5. The van der Waals surface area contributed by atoms with Gasteiger partial charge in [-0.05, 0) is 12.0 Å². The van der Waals surface area contributed by atoms with Gasteiger partial charge < -0.3 is 14.2 Å². The Morgan fingerprint density at radius 1 is 1.35 bits per heavy atom. The van der Waals surface area contributed by atoms with Crippen LogP contribution in [0.2, 0.25) is 0 Å². The fourth-order valence-corrected chi connectivity index (χ4v) is 2.76. The van der Waals surface area contributed by atoms with Gasteiger partial charge in [0.25, 0.3) is 0 Å². The Labute approximate surface area is 135 Å².